The van der Waals surface area contributed by atoms with Crippen LogP contribution in [-0.2, 0) is 0 Å². The number of hydrazone groups is 1. The molecule has 0 aliphatic rings. The molecule has 0 spiro atoms. The summed E-state index contributed by atoms with van der Waals surface area (Å²) in [6, 6.07) is 19.5. The summed E-state index contributed by atoms with van der Waals surface area (Å²) < 4.78 is 25.1. The van der Waals surface area contributed by atoms with Gasteiger partial charge in [-0.1, -0.05) is 30.3 Å². The number of hydrogen-bond donors (Lipinski definition) is 2. The number of aromatic amines is 1. The largest absolute Gasteiger partial charge is 0.497 e. The van der Waals surface area contributed by atoms with E-state index < -0.39 is 17.3 Å². The molecule has 0 saturated carbocycles. The first-order valence-corrected chi connectivity index (χ1v) is 10.7. The molecule has 3 aromatic carbocycles. The van der Waals surface area contributed by atoms with Crippen LogP contribution in [0, 0.1) is 5.82 Å². The maximum absolute atomic E-state index is 13.4. The molecule has 2 N–H and O–H groups in total. The standard InChI is InChI=1S/C26H23FN4O4/c1-16(28-29-25(32)18-13-21(34-2)15-22(14-18)35-3)23-24(17-7-5-4-6-8-17)30-31(26(23)33)20-11-9-19(27)10-12-20/h4-15,30H,1-3H3,(H,29,32)/b28-16+. The first kappa shape index (κ1) is 23.5. The van der Waals surface area contributed by atoms with Crippen LogP contribution in [0.2, 0.25) is 0 Å². The lowest BCUT2D eigenvalue weighted by molar-refractivity contribution is 0.0954. The molecule has 0 atom stereocenters. The fraction of sp³-hybridized carbons (Fsp3) is 0.115. The summed E-state index contributed by atoms with van der Waals surface area (Å²) in [6.07, 6.45) is 0. The van der Waals surface area contributed by atoms with Gasteiger partial charge in [-0.2, -0.15) is 5.10 Å². The van der Waals surface area contributed by atoms with Crippen molar-refractivity contribution in [2.24, 2.45) is 5.10 Å². The number of aromatic nitrogens is 2. The third-order valence-electron chi connectivity index (χ3n) is 5.34. The van der Waals surface area contributed by atoms with Crippen LogP contribution < -0.4 is 20.5 Å². The highest BCUT2D eigenvalue weighted by Gasteiger charge is 2.20. The van der Waals surface area contributed by atoms with E-state index in [1.54, 1.807) is 25.1 Å². The number of benzene rings is 3. The van der Waals surface area contributed by atoms with Crippen molar-refractivity contribution in [3.8, 4) is 28.4 Å². The highest BCUT2D eigenvalue weighted by molar-refractivity contribution is 6.04. The maximum atomic E-state index is 13.4. The Labute approximate surface area is 200 Å². The molecule has 0 aliphatic carbocycles. The highest BCUT2D eigenvalue weighted by atomic mass is 19.1. The number of ether oxygens (including phenoxy) is 2. The van der Waals surface area contributed by atoms with Crippen molar-refractivity contribution in [3.05, 3.63) is 100 Å². The third kappa shape index (κ3) is 4.98. The SMILES string of the molecule is COc1cc(OC)cc(C(=O)N/N=C(\C)c2c(-c3ccccc3)[nH]n(-c3ccc(F)cc3)c2=O)c1. The van der Waals surface area contributed by atoms with Gasteiger partial charge in [0.2, 0.25) is 0 Å². The minimum absolute atomic E-state index is 0.268. The van der Waals surface area contributed by atoms with Crippen molar-refractivity contribution in [2.75, 3.05) is 14.2 Å². The number of halogens is 1. The second-order valence-corrected chi connectivity index (χ2v) is 7.58. The Morgan fingerprint density at radius 1 is 0.971 bits per heavy atom. The second-order valence-electron chi connectivity index (χ2n) is 7.58. The zero-order valence-electron chi connectivity index (χ0n) is 19.3. The van der Waals surface area contributed by atoms with Gasteiger partial charge < -0.3 is 9.47 Å². The molecule has 8 nitrogen and oxygen atoms in total. The van der Waals surface area contributed by atoms with Crippen LogP contribution in [0.1, 0.15) is 22.8 Å². The summed E-state index contributed by atoms with van der Waals surface area (Å²) in [4.78, 5) is 26.1. The Hall–Kier alpha value is -4.66. The minimum atomic E-state index is -0.503. The average molecular weight is 474 g/mol. The minimum Gasteiger partial charge on any atom is -0.497 e. The van der Waals surface area contributed by atoms with E-state index in [9.17, 15) is 14.0 Å². The first-order chi connectivity index (χ1) is 16.9. The normalized spacial score (nSPS) is 11.3. The van der Waals surface area contributed by atoms with Gasteiger partial charge in [0, 0.05) is 17.2 Å². The van der Waals surface area contributed by atoms with E-state index in [1.807, 2.05) is 30.3 Å². The molecular weight excluding hydrogens is 451 g/mol. The second kappa shape index (κ2) is 10.1. The predicted molar refractivity (Wildman–Crippen MR) is 131 cm³/mol. The fourth-order valence-corrected chi connectivity index (χ4v) is 3.55. The highest BCUT2D eigenvalue weighted by Crippen LogP contribution is 2.23. The number of amides is 1. The lowest BCUT2D eigenvalue weighted by Crippen LogP contribution is -2.23. The van der Waals surface area contributed by atoms with Crippen molar-refractivity contribution in [2.45, 2.75) is 6.92 Å². The lowest BCUT2D eigenvalue weighted by atomic mass is 10.1. The van der Waals surface area contributed by atoms with Crippen LogP contribution in [0.4, 0.5) is 4.39 Å². The lowest BCUT2D eigenvalue weighted by Gasteiger charge is -2.08. The number of rotatable bonds is 7. The van der Waals surface area contributed by atoms with Gasteiger partial charge in [0.25, 0.3) is 11.5 Å². The molecule has 178 valence electrons. The van der Waals surface area contributed by atoms with Gasteiger partial charge in [0.1, 0.15) is 17.3 Å². The van der Waals surface area contributed by atoms with Gasteiger partial charge in [-0.05, 0) is 43.3 Å². The topological polar surface area (TPSA) is 97.7 Å². The van der Waals surface area contributed by atoms with Crippen molar-refractivity contribution < 1.29 is 18.7 Å². The van der Waals surface area contributed by atoms with Gasteiger partial charge in [-0.3, -0.25) is 14.7 Å². The number of nitrogens with zero attached hydrogens (tertiary/aromatic N) is 2. The molecule has 0 aliphatic heterocycles. The number of carbonyl (C=O) groups excluding carboxylic acids is 1. The number of methoxy groups -OCH3 is 2. The Bertz CT molecular complexity index is 1420. The molecule has 4 aromatic rings. The smallest absolute Gasteiger partial charge is 0.281 e. The molecule has 1 amide bonds. The van der Waals surface area contributed by atoms with Crippen LogP contribution in [0.5, 0.6) is 11.5 Å². The van der Waals surface area contributed by atoms with Gasteiger partial charge >= 0.3 is 0 Å². The van der Waals surface area contributed by atoms with E-state index >= 15 is 0 Å². The molecular formula is C26H23FN4O4. The number of carbonyl (C=O) groups is 1. The number of H-pyrrole nitrogens is 1. The molecule has 1 aromatic heterocycles. The molecule has 9 heteroatoms. The predicted octanol–water partition coefficient (Wildman–Crippen LogP) is 4.14. The molecule has 0 fully saturated rings. The Morgan fingerprint density at radius 2 is 1.60 bits per heavy atom. The Balaban J connectivity index is 1.73. The Kier molecular flexibility index (Phi) is 6.77. The van der Waals surface area contributed by atoms with Crippen LogP contribution in [0.15, 0.2) is 82.7 Å². The van der Waals surface area contributed by atoms with E-state index in [4.69, 9.17) is 9.47 Å². The van der Waals surface area contributed by atoms with Crippen molar-refractivity contribution in [1.82, 2.24) is 15.2 Å². The summed E-state index contributed by atoms with van der Waals surface area (Å²) in [5.41, 5.74) is 4.64. The first-order valence-electron chi connectivity index (χ1n) is 10.7. The zero-order valence-corrected chi connectivity index (χ0v) is 19.3. The van der Waals surface area contributed by atoms with Crippen molar-refractivity contribution in [1.29, 1.82) is 0 Å². The summed E-state index contributed by atoms with van der Waals surface area (Å²) in [5.74, 6) is -0.00698. The summed E-state index contributed by atoms with van der Waals surface area (Å²) in [5, 5.41) is 7.28. The molecule has 1 heterocycles. The van der Waals surface area contributed by atoms with Crippen LogP contribution >= 0.6 is 0 Å². The van der Waals surface area contributed by atoms with Crippen LogP contribution in [0.3, 0.4) is 0 Å². The fourth-order valence-electron chi connectivity index (χ4n) is 3.55. The quantitative estimate of drug-likeness (QED) is 0.311. The number of nitrogens with one attached hydrogen (secondary N) is 2. The van der Waals surface area contributed by atoms with E-state index in [0.29, 0.717) is 22.9 Å². The van der Waals surface area contributed by atoms with Crippen molar-refractivity contribution >= 4 is 11.6 Å². The molecule has 0 saturated heterocycles. The summed E-state index contributed by atoms with van der Waals surface area (Å²) >= 11 is 0. The molecule has 0 bridgehead atoms. The van der Waals surface area contributed by atoms with Gasteiger partial charge in [-0.15, -0.1) is 0 Å². The molecule has 4 rings (SSSR count). The monoisotopic (exact) mass is 474 g/mol. The van der Waals surface area contributed by atoms with E-state index in [1.165, 1.54) is 43.2 Å². The van der Waals surface area contributed by atoms with Gasteiger partial charge in [-0.25, -0.2) is 14.5 Å². The number of hydrogen-bond acceptors (Lipinski definition) is 5. The van der Waals surface area contributed by atoms with Crippen LogP contribution in [-0.4, -0.2) is 35.6 Å². The van der Waals surface area contributed by atoms with Crippen LogP contribution in [0.25, 0.3) is 16.9 Å². The van der Waals surface area contributed by atoms with Gasteiger partial charge in [0.05, 0.1) is 36.9 Å². The molecule has 0 unspecified atom stereocenters. The maximum Gasteiger partial charge on any atom is 0.281 e. The summed E-state index contributed by atoms with van der Waals surface area (Å²) in [7, 11) is 2.98. The van der Waals surface area contributed by atoms with E-state index in [2.05, 4.69) is 15.6 Å². The van der Waals surface area contributed by atoms with Gasteiger partial charge in [0.15, 0.2) is 0 Å². The van der Waals surface area contributed by atoms with Crippen molar-refractivity contribution in [3.63, 3.8) is 0 Å². The Morgan fingerprint density at radius 3 is 2.20 bits per heavy atom. The van der Waals surface area contributed by atoms with E-state index in [0.717, 1.165) is 5.56 Å². The van der Waals surface area contributed by atoms with E-state index in [-0.39, 0.29) is 16.8 Å². The third-order valence-corrected chi connectivity index (χ3v) is 5.34. The molecule has 35 heavy (non-hydrogen) atoms. The average Bonchev–Trinajstić information content (AvgIpc) is 3.24. The molecule has 0 radical (unpaired) electrons. The summed E-state index contributed by atoms with van der Waals surface area (Å²) in [6.45, 7) is 1.62. The zero-order chi connectivity index (χ0) is 24.9.